The van der Waals surface area contributed by atoms with E-state index in [4.69, 9.17) is 4.84 Å². The van der Waals surface area contributed by atoms with Crippen molar-refractivity contribution in [2.75, 3.05) is 20.1 Å². The molecular weight excluding hydrogens is 356 g/mol. The number of likely N-dealkylation sites (tertiary alicyclic amines) is 1. The highest BCUT2D eigenvalue weighted by atomic mass is 16.7. The topological polar surface area (TPSA) is 75.1 Å². The maximum atomic E-state index is 12.8. The molecule has 0 aromatic carbocycles. The van der Waals surface area contributed by atoms with Crippen molar-refractivity contribution in [3.8, 4) is 0 Å². The Morgan fingerprint density at radius 3 is 2.79 bits per heavy atom. The van der Waals surface area contributed by atoms with Gasteiger partial charge in [-0.3, -0.25) is 14.6 Å². The van der Waals surface area contributed by atoms with Crippen molar-refractivity contribution in [2.45, 2.75) is 58.1 Å². The molecule has 1 aromatic rings. The van der Waals surface area contributed by atoms with E-state index in [9.17, 15) is 9.59 Å². The van der Waals surface area contributed by atoms with Crippen molar-refractivity contribution in [1.82, 2.24) is 14.8 Å². The van der Waals surface area contributed by atoms with E-state index >= 15 is 0 Å². The second kappa shape index (κ2) is 8.71. The predicted molar refractivity (Wildman–Crippen MR) is 106 cm³/mol. The first-order valence-electron chi connectivity index (χ1n) is 10.2. The van der Waals surface area contributed by atoms with Gasteiger partial charge in [-0.15, -0.1) is 0 Å². The second-order valence-corrected chi connectivity index (χ2v) is 7.85. The van der Waals surface area contributed by atoms with E-state index in [0.717, 1.165) is 37.9 Å². The SMILES string of the molecule is CCC(CC)C(=O)N1CCC[C@]2(CC(C(=O)N(C)Cc3ccccn3)=NO2)C1. The summed E-state index contributed by atoms with van der Waals surface area (Å²) >= 11 is 0. The smallest absolute Gasteiger partial charge is 0.271 e. The largest absolute Gasteiger partial charge is 0.386 e. The number of oxime groups is 1. The van der Waals surface area contributed by atoms with Crippen LogP contribution < -0.4 is 0 Å². The summed E-state index contributed by atoms with van der Waals surface area (Å²) in [6, 6.07) is 5.64. The van der Waals surface area contributed by atoms with E-state index in [1.54, 1.807) is 18.1 Å². The van der Waals surface area contributed by atoms with Crippen LogP contribution in [0.25, 0.3) is 0 Å². The molecule has 1 spiro atoms. The molecule has 0 radical (unpaired) electrons. The molecule has 0 N–H and O–H groups in total. The van der Waals surface area contributed by atoms with Gasteiger partial charge in [0.2, 0.25) is 5.91 Å². The Kier molecular flexibility index (Phi) is 6.31. The van der Waals surface area contributed by atoms with Crippen LogP contribution in [-0.4, -0.2) is 58.0 Å². The van der Waals surface area contributed by atoms with Gasteiger partial charge in [0.25, 0.3) is 5.91 Å². The van der Waals surface area contributed by atoms with Gasteiger partial charge in [-0.25, -0.2) is 0 Å². The van der Waals surface area contributed by atoms with Gasteiger partial charge in [0.15, 0.2) is 5.60 Å². The molecule has 1 atom stereocenters. The van der Waals surface area contributed by atoms with Crippen LogP contribution in [0, 0.1) is 5.92 Å². The molecule has 28 heavy (non-hydrogen) atoms. The number of rotatable bonds is 6. The van der Waals surface area contributed by atoms with Crippen LogP contribution in [0.1, 0.15) is 51.6 Å². The number of nitrogens with zero attached hydrogens (tertiary/aromatic N) is 4. The van der Waals surface area contributed by atoms with Crippen LogP contribution in [0.4, 0.5) is 0 Å². The summed E-state index contributed by atoms with van der Waals surface area (Å²) in [5.41, 5.74) is 0.694. The zero-order valence-electron chi connectivity index (χ0n) is 17.1. The summed E-state index contributed by atoms with van der Waals surface area (Å²) in [5, 5.41) is 4.12. The van der Waals surface area contributed by atoms with Crippen LogP contribution in [0.2, 0.25) is 0 Å². The molecule has 3 heterocycles. The first kappa shape index (κ1) is 20.3. The number of aromatic nitrogens is 1. The molecule has 1 saturated heterocycles. The summed E-state index contributed by atoms with van der Waals surface area (Å²) in [7, 11) is 1.74. The third kappa shape index (κ3) is 4.34. The molecule has 152 valence electrons. The second-order valence-electron chi connectivity index (χ2n) is 7.85. The summed E-state index contributed by atoms with van der Waals surface area (Å²) < 4.78 is 0. The van der Waals surface area contributed by atoms with E-state index in [-0.39, 0.29) is 17.7 Å². The number of hydrogen-bond acceptors (Lipinski definition) is 5. The number of hydrogen-bond donors (Lipinski definition) is 0. The van der Waals surface area contributed by atoms with Crippen LogP contribution in [0.15, 0.2) is 29.6 Å². The van der Waals surface area contributed by atoms with Gasteiger partial charge in [0, 0.05) is 32.1 Å². The standard InChI is InChI=1S/C21H30N4O3/c1-4-16(5-2)19(26)25-12-8-10-21(15-25)13-18(23-28-21)20(27)24(3)14-17-9-6-7-11-22-17/h6-7,9,11,16H,4-5,8,10,12-15H2,1-3H3/t21-/m0/s1. The Hall–Kier alpha value is -2.44. The fraction of sp³-hybridized carbons (Fsp3) is 0.619. The average molecular weight is 386 g/mol. The minimum Gasteiger partial charge on any atom is -0.386 e. The average Bonchev–Trinajstić information content (AvgIpc) is 3.12. The van der Waals surface area contributed by atoms with E-state index in [0.29, 0.717) is 25.2 Å². The van der Waals surface area contributed by atoms with E-state index < -0.39 is 5.60 Å². The first-order valence-corrected chi connectivity index (χ1v) is 10.2. The van der Waals surface area contributed by atoms with Gasteiger partial charge in [-0.05, 0) is 37.8 Å². The van der Waals surface area contributed by atoms with Crippen molar-refractivity contribution in [1.29, 1.82) is 0 Å². The Labute approximate surface area is 166 Å². The summed E-state index contributed by atoms with van der Waals surface area (Å²) in [6.07, 6.45) is 5.53. The van der Waals surface area contributed by atoms with Crippen molar-refractivity contribution >= 4 is 17.5 Å². The van der Waals surface area contributed by atoms with Gasteiger partial charge in [0.05, 0.1) is 18.8 Å². The molecule has 0 aliphatic carbocycles. The first-order chi connectivity index (χ1) is 13.5. The molecule has 2 aliphatic rings. The summed E-state index contributed by atoms with van der Waals surface area (Å²) in [5.74, 6) is 0.105. The zero-order valence-corrected chi connectivity index (χ0v) is 17.1. The molecule has 7 heteroatoms. The Bertz CT molecular complexity index is 732. The molecule has 0 unspecified atom stereocenters. The molecule has 2 aliphatic heterocycles. The molecule has 1 fully saturated rings. The highest BCUT2D eigenvalue weighted by Crippen LogP contribution is 2.34. The number of amides is 2. The number of carbonyl (C=O) groups excluding carboxylic acids is 2. The highest BCUT2D eigenvalue weighted by molar-refractivity contribution is 6.39. The normalized spacial score (nSPS) is 21.6. The quantitative estimate of drug-likeness (QED) is 0.753. The monoisotopic (exact) mass is 386 g/mol. The lowest BCUT2D eigenvalue weighted by Gasteiger charge is -2.39. The number of pyridine rings is 1. The minimum absolute atomic E-state index is 0.0584. The van der Waals surface area contributed by atoms with Crippen molar-refractivity contribution in [3.05, 3.63) is 30.1 Å². The van der Waals surface area contributed by atoms with Crippen molar-refractivity contribution < 1.29 is 14.4 Å². The van der Waals surface area contributed by atoms with Gasteiger partial charge in [-0.2, -0.15) is 0 Å². The maximum absolute atomic E-state index is 12.8. The third-order valence-electron chi connectivity index (χ3n) is 5.74. The fourth-order valence-electron chi connectivity index (χ4n) is 4.06. The van der Waals surface area contributed by atoms with Gasteiger partial charge >= 0.3 is 0 Å². The molecule has 3 rings (SSSR count). The van der Waals surface area contributed by atoms with E-state index in [1.165, 1.54) is 0 Å². The summed E-state index contributed by atoms with van der Waals surface area (Å²) in [4.78, 5) is 39.1. The third-order valence-corrected chi connectivity index (χ3v) is 5.74. The molecular formula is C21H30N4O3. The molecule has 1 aromatic heterocycles. The van der Waals surface area contributed by atoms with Gasteiger partial charge in [-0.1, -0.05) is 25.1 Å². The maximum Gasteiger partial charge on any atom is 0.271 e. The lowest BCUT2D eigenvalue weighted by molar-refractivity contribution is -0.145. The lowest BCUT2D eigenvalue weighted by atomic mass is 9.87. The highest BCUT2D eigenvalue weighted by Gasteiger charge is 2.46. The summed E-state index contributed by atoms with van der Waals surface area (Å²) in [6.45, 7) is 5.78. The molecule has 0 saturated carbocycles. The van der Waals surface area contributed by atoms with Crippen molar-refractivity contribution in [3.63, 3.8) is 0 Å². The number of piperidine rings is 1. The van der Waals surface area contributed by atoms with E-state index in [2.05, 4.69) is 24.0 Å². The predicted octanol–water partition coefficient (Wildman–Crippen LogP) is 2.61. The zero-order chi connectivity index (χ0) is 20.1. The van der Waals surface area contributed by atoms with Gasteiger partial charge in [0.1, 0.15) is 5.71 Å². The van der Waals surface area contributed by atoms with Crippen LogP contribution >= 0.6 is 0 Å². The Balaban J connectivity index is 1.61. The van der Waals surface area contributed by atoms with Crippen molar-refractivity contribution in [2.24, 2.45) is 11.1 Å². The molecule has 2 amide bonds. The Morgan fingerprint density at radius 2 is 2.11 bits per heavy atom. The van der Waals surface area contributed by atoms with Gasteiger partial charge < -0.3 is 14.6 Å². The van der Waals surface area contributed by atoms with Crippen LogP contribution in [-0.2, 0) is 21.0 Å². The van der Waals surface area contributed by atoms with Crippen LogP contribution in [0.5, 0.6) is 0 Å². The minimum atomic E-state index is -0.559. The molecule has 0 bridgehead atoms. The number of carbonyl (C=O) groups is 2. The lowest BCUT2D eigenvalue weighted by Crippen LogP contribution is -2.52. The fourth-order valence-corrected chi connectivity index (χ4v) is 4.06. The van der Waals surface area contributed by atoms with E-state index in [1.807, 2.05) is 23.1 Å². The Morgan fingerprint density at radius 1 is 1.32 bits per heavy atom. The molecule has 7 nitrogen and oxygen atoms in total. The van der Waals surface area contributed by atoms with Crippen LogP contribution in [0.3, 0.4) is 0 Å².